The first-order valence-corrected chi connectivity index (χ1v) is 7.97. The lowest BCUT2D eigenvalue weighted by atomic mass is 10.2. The first kappa shape index (κ1) is 13.5. The summed E-state index contributed by atoms with van der Waals surface area (Å²) in [6.45, 7) is 0.128. The molecule has 0 N–H and O–H groups in total. The van der Waals surface area contributed by atoms with Crippen LogP contribution in [0.15, 0.2) is 23.1 Å². The van der Waals surface area contributed by atoms with Crippen molar-refractivity contribution in [2.45, 2.75) is 17.7 Å². The number of halogens is 2. The van der Waals surface area contributed by atoms with Crippen LogP contribution in [0.5, 0.6) is 0 Å². The third-order valence-corrected chi connectivity index (χ3v) is 5.10. The second-order valence-corrected chi connectivity index (χ2v) is 6.54. The number of benzene rings is 1. The van der Waals surface area contributed by atoms with E-state index in [1.807, 2.05) is 0 Å². The van der Waals surface area contributed by atoms with Crippen molar-refractivity contribution in [3.05, 3.63) is 29.6 Å². The summed E-state index contributed by atoms with van der Waals surface area (Å²) in [6, 6.07) is 3.20. The Bertz CT molecular complexity index is 588. The van der Waals surface area contributed by atoms with Gasteiger partial charge in [-0.1, -0.05) is 15.9 Å². The number of amides is 1. The largest absolute Gasteiger partial charge is 0.269 e. The highest BCUT2D eigenvalue weighted by molar-refractivity contribution is 9.09. The summed E-state index contributed by atoms with van der Waals surface area (Å²) in [5.41, 5.74) is 0.0512. The molecular formula is C11H11BrFNO3S. The predicted molar refractivity (Wildman–Crippen MR) is 67.7 cm³/mol. The smallest absolute Gasteiger partial charge is 0.268 e. The van der Waals surface area contributed by atoms with Gasteiger partial charge in [0.2, 0.25) is 0 Å². The minimum Gasteiger partial charge on any atom is -0.268 e. The van der Waals surface area contributed by atoms with E-state index in [0.717, 1.165) is 28.2 Å². The van der Waals surface area contributed by atoms with Gasteiger partial charge in [-0.05, 0) is 31.0 Å². The van der Waals surface area contributed by atoms with Gasteiger partial charge in [-0.3, -0.25) is 4.79 Å². The van der Waals surface area contributed by atoms with Gasteiger partial charge in [0.05, 0.1) is 5.56 Å². The Kier molecular flexibility index (Phi) is 3.72. The van der Waals surface area contributed by atoms with E-state index in [-0.39, 0.29) is 17.0 Å². The molecule has 1 aromatic rings. The SMILES string of the molecule is O=C1c2ccc(F)cc2S(=O)(=O)N1CCCCBr. The fourth-order valence-corrected chi connectivity index (χ4v) is 3.83. The van der Waals surface area contributed by atoms with Crippen LogP contribution in [-0.2, 0) is 10.0 Å². The highest BCUT2D eigenvalue weighted by Crippen LogP contribution is 2.30. The number of rotatable bonds is 4. The molecule has 0 fully saturated rings. The van der Waals surface area contributed by atoms with Crippen LogP contribution in [0, 0.1) is 5.82 Å². The summed E-state index contributed by atoms with van der Waals surface area (Å²) in [5, 5.41) is 0.747. The third kappa shape index (κ3) is 2.16. The van der Waals surface area contributed by atoms with E-state index in [1.165, 1.54) is 6.07 Å². The van der Waals surface area contributed by atoms with Gasteiger partial charge in [0.1, 0.15) is 10.7 Å². The molecule has 1 amide bonds. The monoisotopic (exact) mass is 335 g/mol. The first-order chi connectivity index (χ1) is 8.48. The molecule has 1 aliphatic heterocycles. The van der Waals surface area contributed by atoms with Gasteiger partial charge in [0, 0.05) is 11.9 Å². The van der Waals surface area contributed by atoms with Crippen LogP contribution < -0.4 is 0 Å². The van der Waals surface area contributed by atoms with Crippen molar-refractivity contribution in [1.29, 1.82) is 0 Å². The Labute approximate surface area is 113 Å². The zero-order valence-corrected chi connectivity index (χ0v) is 11.8. The van der Waals surface area contributed by atoms with Gasteiger partial charge in [-0.2, -0.15) is 0 Å². The summed E-state index contributed by atoms with van der Waals surface area (Å²) < 4.78 is 38.0. The predicted octanol–water partition coefficient (Wildman–Crippen LogP) is 2.15. The quantitative estimate of drug-likeness (QED) is 0.625. The summed E-state index contributed by atoms with van der Waals surface area (Å²) >= 11 is 3.24. The van der Waals surface area contributed by atoms with E-state index in [9.17, 15) is 17.6 Å². The maximum atomic E-state index is 13.1. The van der Waals surface area contributed by atoms with Crippen molar-refractivity contribution < 1.29 is 17.6 Å². The summed E-state index contributed by atoms with van der Waals surface area (Å²) in [5.74, 6) is -1.23. The van der Waals surface area contributed by atoms with Crippen LogP contribution in [0.3, 0.4) is 0 Å². The molecule has 0 saturated heterocycles. The number of alkyl halides is 1. The lowest BCUT2D eigenvalue weighted by molar-refractivity contribution is 0.0870. The Morgan fingerprint density at radius 3 is 2.67 bits per heavy atom. The zero-order valence-electron chi connectivity index (χ0n) is 9.40. The number of nitrogens with zero attached hydrogens (tertiary/aromatic N) is 1. The molecule has 0 bridgehead atoms. The minimum atomic E-state index is -3.87. The molecule has 1 heterocycles. The summed E-state index contributed by atoms with van der Waals surface area (Å²) in [6.07, 6.45) is 1.34. The van der Waals surface area contributed by atoms with E-state index in [1.54, 1.807) is 0 Å². The number of carbonyl (C=O) groups is 1. The molecule has 0 spiro atoms. The normalized spacial score (nSPS) is 17.0. The molecule has 0 saturated carbocycles. The highest BCUT2D eigenvalue weighted by atomic mass is 79.9. The molecule has 7 heteroatoms. The number of unbranched alkanes of at least 4 members (excludes halogenated alkanes) is 1. The lowest BCUT2D eigenvalue weighted by Crippen LogP contribution is -2.31. The van der Waals surface area contributed by atoms with E-state index in [2.05, 4.69) is 15.9 Å². The van der Waals surface area contributed by atoms with Gasteiger partial charge < -0.3 is 0 Å². The number of hydrogen-bond acceptors (Lipinski definition) is 3. The van der Waals surface area contributed by atoms with E-state index >= 15 is 0 Å². The van der Waals surface area contributed by atoms with Crippen LogP contribution in [0.1, 0.15) is 23.2 Å². The zero-order chi connectivity index (χ0) is 13.3. The maximum Gasteiger partial charge on any atom is 0.269 e. The molecular weight excluding hydrogens is 325 g/mol. The molecule has 0 unspecified atom stereocenters. The number of carbonyl (C=O) groups excluding carboxylic acids is 1. The molecule has 0 radical (unpaired) electrons. The number of hydrogen-bond donors (Lipinski definition) is 0. The fourth-order valence-electron chi connectivity index (χ4n) is 1.82. The van der Waals surface area contributed by atoms with Crippen LogP contribution in [0.4, 0.5) is 4.39 Å². The minimum absolute atomic E-state index is 0.0512. The molecule has 98 valence electrons. The molecule has 1 aliphatic rings. The summed E-state index contributed by atoms with van der Waals surface area (Å²) in [4.78, 5) is 11.7. The first-order valence-electron chi connectivity index (χ1n) is 5.41. The van der Waals surface area contributed by atoms with Gasteiger partial charge in [0.25, 0.3) is 15.9 Å². The van der Waals surface area contributed by atoms with Gasteiger partial charge >= 0.3 is 0 Å². The second kappa shape index (κ2) is 4.97. The van der Waals surface area contributed by atoms with Crippen LogP contribution in [0.25, 0.3) is 0 Å². The van der Waals surface area contributed by atoms with Crippen molar-refractivity contribution in [3.63, 3.8) is 0 Å². The molecule has 18 heavy (non-hydrogen) atoms. The molecule has 0 aliphatic carbocycles. The van der Waals surface area contributed by atoms with Crippen LogP contribution in [0.2, 0.25) is 0 Å². The van der Waals surface area contributed by atoms with Gasteiger partial charge in [-0.15, -0.1) is 0 Å². The molecule has 1 aromatic carbocycles. The van der Waals surface area contributed by atoms with Gasteiger partial charge in [0.15, 0.2) is 0 Å². The average Bonchev–Trinajstić information content (AvgIpc) is 2.50. The number of fused-ring (bicyclic) bond motifs is 1. The fraction of sp³-hybridized carbons (Fsp3) is 0.364. The van der Waals surface area contributed by atoms with Gasteiger partial charge in [-0.25, -0.2) is 17.1 Å². The van der Waals surface area contributed by atoms with E-state index in [0.29, 0.717) is 6.42 Å². The van der Waals surface area contributed by atoms with Crippen molar-refractivity contribution in [1.82, 2.24) is 4.31 Å². The molecule has 0 aromatic heterocycles. The van der Waals surface area contributed by atoms with Crippen molar-refractivity contribution in [2.24, 2.45) is 0 Å². The standard InChI is InChI=1S/C11H11BrFNO3S/c12-5-1-2-6-14-11(15)9-4-3-8(13)7-10(9)18(14,16)17/h3-4,7H,1-2,5-6H2. The Balaban J connectivity index is 2.36. The van der Waals surface area contributed by atoms with Crippen LogP contribution in [-0.4, -0.2) is 30.5 Å². The molecule has 0 atom stereocenters. The van der Waals surface area contributed by atoms with Crippen molar-refractivity contribution in [2.75, 3.05) is 11.9 Å². The lowest BCUT2D eigenvalue weighted by Gasteiger charge is -2.14. The van der Waals surface area contributed by atoms with E-state index < -0.39 is 21.7 Å². The third-order valence-electron chi connectivity index (χ3n) is 2.71. The Morgan fingerprint density at radius 2 is 2.00 bits per heavy atom. The Morgan fingerprint density at radius 1 is 1.28 bits per heavy atom. The number of sulfonamides is 1. The molecule has 2 rings (SSSR count). The Hall–Kier alpha value is -0.950. The highest BCUT2D eigenvalue weighted by Gasteiger charge is 2.40. The summed E-state index contributed by atoms with van der Waals surface area (Å²) in [7, 11) is -3.87. The van der Waals surface area contributed by atoms with E-state index in [4.69, 9.17) is 0 Å². The van der Waals surface area contributed by atoms with Crippen molar-refractivity contribution in [3.8, 4) is 0 Å². The second-order valence-electron chi connectivity index (χ2n) is 3.92. The maximum absolute atomic E-state index is 13.1. The molecule has 4 nitrogen and oxygen atoms in total. The topological polar surface area (TPSA) is 54.5 Å². The van der Waals surface area contributed by atoms with Crippen LogP contribution >= 0.6 is 15.9 Å². The average molecular weight is 336 g/mol. The van der Waals surface area contributed by atoms with Crippen molar-refractivity contribution >= 4 is 31.9 Å².